The molecule has 0 amide bonds. The van der Waals surface area contributed by atoms with Crippen molar-refractivity contribution in [2.45, 2.75) is 82.9 Å². The molecular formula is C36H36F3N3O2. The number of anilines is 1. The zero-order valence-corrected chi connectivity index (χ0v) is 24.9. The van der Waals surface area contributed by atoms with Gasteiger partial charge in [-0.15, -0.1) is 0 Å². The number of hydrogen-bond donors (Lipinski definition) is 0. The van der Waals surface area contributed by atoms with Gasteiger partial charge in [-0.05, 0) is 100 Å². The van der Waals surface area contributed by atoms with Gasteiger partial charge < -0.3 is 14.2 Å². The Kier molecular flexibility index (Phi) is 6.54. The average molecular weight is 600 g/mol. The van der Waals surface area contributed by atoms with Gasteiger partial charge in [0.1, 0.15) is 17.2 Å². The molecule has 8 rings (SSSR count). The predicted molar refractivity (Wildman–Crippen MR) is 165 cm³/mol. The van der Waals surface area contributed by atoms with Gasteiger partial charge in [0.05, 0.1) is 17.2 Å². The van der Waals surface area contributed by atoms with E-state index in [-0.39, 0.29) is 16.9 Å². The first kappa shape index (κ1) is 27.7. The Morgan fingerprint density at radius 1 is 1.00 bits per heavy atom. The topological polar surface area (TPSA) is 51.4 Å². The van der Waals surface area contributed by atoms with Crippen molar-refractivity contribution in [3.63, 3.8) is 0 Å². The number of piperidine rings is 1. The number of pyridine rings is 1. The van der Waals surface area contributed by atoms with Gasteiger partial charge in [-0.2, -0.15) is 13.2 Å². The first-order valence-corrected chi connectivity index (χ1v) is 15.9. The highest BCUT2D eigenvalue weighted by atomic mass is 19.4. The van der Waals surface area contributed by atoms with Crippen molar-refractivity contribution in [2.24, 2.45) is 5.41 Å². The first-order chi connectivity index (χ1) is 21.2. The van der Waals surface area contributed by atoms with Gasteiger partial charge in [0.25, 0.3) is 0 Å². The van der Waals surface area contributed by atoms with Crippen LogP contribution < -0.4 is 9.64 Å². The summed E-state index contributed by atoms with van der Waals surface area (Å²) in [6, 6.07) is 14.3. The van der Waals surface area contributed by atoms with E-state index in [1.165, 1.54) is 29.8 Å². The maximum Gasteiger partial charge on any atom is 0.417 e. The summed E-state index contributed by atoms with van der Waals surface area (Å²) in [4.78, 5) is 7.22. The lowest BCUT2D eigenvalue weighted by atomic mass is 9.60. The SMILES string of the molecule is Cc1cc(OC2CCC2)c2cc(N3CCC4(CC3)CC(=Cc3c(-c5ccccc5C(F)(F)F)noc3C3CC3)C4)ccc2n1. The molecular weight excluding hydrogens is 563 g/mol. The van der Waals surface area contributed by atoms with Crippen molar-refractivity contribution >= 4 is 22.7 Å². The fraction of sp³-hybridized carbons (Fsp3) is 0.444. The lowest BCUT2D eigenvalue weighted by Gasteiger charge is -2.50. The van der Waals surface area contributed by atoms with Crippen LogP contribution in [-0.2, 0) is 6.18 Å². The Labute approximate surface area is 255 Å². The van der Waals surface area contributed by atoms with Crippen molar-refractivity contribution in [3.05, 3.63) is 76.7 Å². The maximum atomic E-state index is 13.9. The van der Waals surface area contributed by atoms with Gasteiger partial charge in [0, 0.05) is 53.0 Å². The Morgan fingerprint density at radius 3 is 2.48 bits per heavy atom. The van der Waals surface area contributed by atoms with Gasteiger partial charge >= 0.3 is 6.18 Å². The lowest BCUT2D eigenvalue weighted by molar-refractivity contribution is -0.137. The normalized spacial score (nSPS) is 20.1. The van der Waals surface area contributed by atoms with Crippen LogP contribution >= 0.6 is 0 Å². The molecule has 4 fully saturated rings. The molecule has 5 nitrogen and oxygen atoms in total. The fourth-order valence-electron chi connectivity index (χ4n) is 7.30. The highest BCUT2D eigenvalue weighted by Crippen LogP contribution is 2.55. The minimum Gasteiger partial charge on any atom is -0.490 e. The number of nitrogens with zero attached hydrogens (tertiary/aromatic N) is 3. The molecule has 1 saturated heterocycles. The Hall–Kier alpha value is -3.81. The number of rotatable bonds is 6. The number of ether oxygens (including phenoxy) is 1. The Bertz CT molecular complexity index is 1750. The van der Waals surface area contributed by atoms with Crippen LogP contribution in [0.1, 0.15) is 86.3 Å². The van der Waals surface area contributed by atoms with Gasteiger partial charge in [0.15, 0.2) is 0 Å². The van der Waals surface area contributed by atoms with E-state index in [2.05, 4.69) is 40.4 Å². The monoisotopic (exact) mass is 599 g/mol. The molecule has 4 aliphatic rings. The molecule has 3 saturated carbocycles. The first-order valence-electron chi connectivity index (χ1n) is 15.9. The van der Waals surface area contributed by atoms with E-state index in [9.17, 15) is 13.2 Å². The minimum atomic E-state index is -4.46. The summed E-state index contributed by atoms with van der Waals surface area (Å²) in [6.45, 7) is 3.97. The van der Waals surface area contributed by atoms with Gasteiger partial charge in [-0.3, -0.25) is 4.98 Å². The molecule has 2 aromatic heterocycles. The van der Waals surface area contributed by atoms with E-state index in [1.54, 1.807) is 6.07 Å². The van der Waals surface area contributed by atoms with Gasteiger partial charge in [-0.25, -0.2) is 0 Å². The van der Waals surface area contributed by atoms with Crippen molar-refractivity contribution in [2.75, 3.05) is 18.0 Å². The van der Waals surface area contributed by atoms with Crippen LogP contribution in [0.15, 0.2) is 58.6 Å². The quantitative estimate of drug-likeness (QED) is 0.221. The maximum absolute atomic E-state index is 13.9. The second kappa shape index (κ2) is 10.4. The highest BCUT2D eigenvalue weighted by Gasteiger charge is 2.44. The second-order valence-corrected chi connectivity index (χ2v) is 13.4. The Morgan fingerprint density at radius 2 is 1.77 bits per heavy atom. The van der Waals surface area contributed by atoms with E-state index >= 15 is 0 Å². The van der Waals surface area contributed by atoms with Crippen LogP contribution in [0.4, 0.5) is 18.9 Å². The smallest absolute Gasteiger partial charge is 0.417 e. The molecule has 1 spiro atoms. The number of fused-ring (bicyclic) bond motifs is 1. The van der Waals surface area contributed by atoms with Crippen LogP contribution in [0.3, 0.4) is 0 Å². The van der Waals surface area contributed by atoms with Crippen LogP contribution in [0.2, 0.25) is 0 Å². The molecule has 3 heterocycles. The summed E-state index contributed by atoms with van der Waals surface area (Å²) in [6.07, 6.45) is 7.51. The summed E-state index contributed by atoms with van der Waals surface area (Å²) >= 11 is 0. The number of aryl methyl sites for hydroxylation is 1. The number of hydrogen-bond acceptors (Lipinski definition) is 5. The summed E-state index contributed by atoms with van der Waals surface area (Å²) in [5.41, 5.74) is 5.15. The number of benzene rings is 2. The lowest BCUT2D eigenvalue weighted by Crippen LogP contribution is -2.44. The number of halogens is 3. The molecule has 0 atom stereocenters. The van der Waals surface area contributed by atoms with Gasteiger partial charge in [0.2, 0.25) is 0 Å². The number of aromatic nitrogens is 2. The van der Waals surface area contributed by atoms with Crippen LogP contribution in [0.25, 0.3) is 28.2 Å². The van der Waals surface area contributed by atoms with E-state index in [1.807, 2.05) is 6.92 Å². The standard InChI is InChI=1S/C36H36F3N3O2/c1-22-17-32(43-26-5-4-6-26)28-19-25(11-12-31(28)40-22)42-15-13-35(14-16-42)20-23(21-35)18-29-33(41-44-34(29)24-9-10-24)27-7-2-3-8-30(27)36(37,38)39/h2-3,7-8,11-12,17-19,24,26H,4-6,9-10,13-16,20-21H2,1H3. The zero-order valence-electron chi connectivity index (χ0n) is 24.9. The molecule has 0 radical (unpaired) electrons. The molecule has 3 aliphatic carbocycles. The molecule has 0 unspecified atom stereocenters. The van der Waals surface area contributed by atoms with Crippen molar-refractivity contribution in [1.82, 2.24) is 10.1 Å². The summed E-state index contributed by atoms with van der Waals surface area (Å²) < 4.78 is 53.7. The van der Waals surface area contributed by atoms with Crippen molar-refractivity contribution in [3.8, 4) is 17.0 Å². The van der Waals surface area contributed by atoms with Crippen molar-refractivity contribution in [1.29, 1.82) is 0 Å². The second-order valence-electron chi connectivity index (χ2n) is 13.4. The van der Waals surface area contributed by atoms with Crippen molar-refractivity contribution < 1.29 is 22.4 Å². The van der Waals surface area contributed by atoms with Crippen LogP contribution in [-0.4, -0.2) is 29.3 Å². The molecule has 2 aromatic carbocycles. The largest absolute Gasteiger partial charge is 0.490 e. The molecule has 8 heteroatoms. The third-order valence-corrected chi connectivity index (χ3v) is 10.2. The summed E-state index contributed by atoms with van der Waals surface area (Å²) in [5, 5.41) is 5.28. The Balaban J connectivity index is 0.996. The highest BCUT2D eigenvalue weighted by molar-refractivity contribution is 5.88. The van der Waals surface area contributed by atoms with Crippen LogP contribution in [0, 0.1) is 12.3 Å². The number of alkyl halides is 3. The molecule has 44 heavy (non-hydrogen) atoms. The molecule has 0 bridgehead atoms. The van der Waals surface area contributed by atoms with E-state index in [0.717, 1.165) is 104 Å². The average Bonchev–Trinajstić information content (AvgIpc) is 3.73. The third kappa shape index (κ3) is 5.06. The van der Waals surface area contributed by atoms with E-state index in [0.29, 0.717) is 11.8 Å². The predicted octanol–water partition coefficient (Wildman–Crippen LogP) is 9.49. The number of allylic oxidation sites excluding steroid dienone is 1. The summed E-state index contributed by atoms with van der Waals surface area (Å²) in [5.74, 6) is 1.93. The summed E-state index contributed by atoms with van der Waals surface area (Å²) in [7, 11) is 0. The zero-order chi connectivity index (χ0) is 30.1. The van der Waals surface area contributed by atoms with E-state index in [4.69, 9.17) is 14.2 Å². The van der Waals surface area contributed by atoms with E-state index < -0.39 is 11.7 Å². The third-order valence-electron chi connectivity index (χ3n) is 10.2. The fourth-order valence-corrected chi connectivity index (χ4v) is 7.30. The molecule has 4 aromatic rings. The molecule has 1 aliphatic heterocycles. The molecule has 228 valence electrons. The van der Waals surface area contributed by atoms with Crippen LogP contribution in [0.5, 0.6) is 5.75 Å². The van der Waals surface area contributed by atoms with Gasteiger partial charge in [-0.1, -0.05) is 28.9 Å². The molecule has 0 N–H and O–H groups in total. The minimum absolute atomic E-state index is 0.0897.